The average Bonchev–Trinajstić information content (AvgIpc) is 3.20. The van der Waals surface area contributed by atoms with Gasteiger partial charge in [-0.25, -0.2) is 4.99 Å². The molecule has 0 spiro atoms. The SMILES string of the molecule is Cc1cc2cc(NC(=NC3CCCCN(CC(=O)N(C)CCCc4ccccc4)C3=O)NC#N)ccc2o1. The summed E-state index contributed by atoms with van der Waals surface area (Å²) in [5.74, 6) is 0.708. The molecule has 0 saturated carbocycles. The van der Waals surface area contributed by atoms with Crippen molar-refractivity contribution in [2.24, 2.45) is 4.99 Å². The molecule has 1 aliphatic rings. The molecule has 2 aromatic carbocycles. The maximum Gasteiger partial charge on any atom is 0.247 e. The Morgan fingerprint density at radius 1 is 1.21 bits per heavy atom. The standard InChI is InChI=1S/C29H34N6O3/c1-21-17-23-18-24(13-14-26(23)38-21)32-29(31-20-30)33-25-12-6-7-16-35(28(25)37)19-27(36)34(2)15-8-11-22-9-4-3-5-10-22/h3-5,9-10,13-14,17-18,25H,6-8,11-12,15-16,19H2,1-2H3,(H2,31,32,33). The van der Waals surface area contributed by atoms with Gasteiger partial charge < -0.3 is 19.5 Å². The van der Waals surface area contributed by atoms with Crippen molar-refractivity contribution in [1.29, 1.82) is 5.26 Å². The van der Waals surface area contributed by atoms with E-state index in [1.165, 1.54) is 5.56 Å². The van der Waals surface area contributed by atoms with E-state index in [4.69, 9.17) is 4.42 Å². The third kappa shape index (κ3) is 7.13. The van der Waals surface area contributed by atoms with Gasteiger partial charge in [-0.2, -0.15) is 5.26 Å². The number of benzene rings is 2. The fraction of sp³-hybridized carbons (Fsp3) is 0.379. The molecule has 38 heavy (non-hydrogen) atoms. The van der Waals surface area contributed by atoms with Crippen molar-refractivity contribution in [2.45, 2.75) is 45.1 Å². The molecule has 4 rings (SSSR count). The van der Waals surface area contributed by atoms with Crippen molar-refractivity contribution in [3.8, 4) is 6.19 Å². The predicted molar refractivity (Wildman–Crippen MR) is 147 cm³/mol. The number of nitrogens with one attached hydrogen (secondary N) is 2. The van der Waals surface area contributed by atoms with E-state index in [0.717, 1.165) is 42.4 Å². The van der Waals surface area contributed by atoms with Gasteiger partial charge in [0.2, 0.25) is 17.8 Å². The van der Waals surface area contributed by atoms with Gasteiger partial charge in [-0.3, -0.25) is 14.9 Å². The molecule has 1 aromatic heterocycles. The van der Waals surface area contributed by atoms with E-state index >= 15 is 0 Å². The van der Waals surface area contributed by atoms with Crippen LogP contribution in [0.5, 0.6) is 0 Å². The third-order valence-corrected chi connectivity index (χ3v) is 6.67. The fourth-order valence-electron chi connectivity index (χ4n) is 4.63. The monoisotopic (exact) mass is 514 g/mol. The first-order valence-electron chi connectivity index (χ1n) is 13.0. The molecule has 1 atom stereocenters. The summed E-state index contributed by atoms with van der Waals surface area (Å²) in [6.45, 7) is 3.04. The minimum atomic E-state index is -0.683. The van der Waals surface area contributed by atoms with Gasteiger partial charge in [0.05, 0.1) is 6.54 Å². The lowest BCUT2D eigenvalue weighted by Crippen LogP contribution is -2.45. The topological polar surface area (TPSA) is 114 Å². The van der Waals surface area contributed by atoms with Crippen LogP contribution in [-0.2, 0) is 16.0 Å². The minimum Gasteiger partial charge on any atom is -0.461 e. The highest BCUT2D eigenvalue weighted by atomic mass is 16.3. The number of furan rings is 1. The third-order valence-electron chi connectivity index (χ3n) is 6.67. The Bertz CT molecular complexity index is 1330. The molecular formula is C29H34N6O3. The van der Waals surface area contributed by atoms with Crippen molar-refractivity contribution in [1.82, 2.24) is 15.1 Å². The van der Waals surface area contributed by atoms with Crippen LogP contribution in [-0.4, -0.2) is 60.3 Å². The highest BCUT2D eigenvalue weighted by molar-refractivity contribution is 5.98. The molecule has 1 aliphatic heterocycles. The van der Waals surface area contributed by atoms with E-state index in [2.05, 4.69) is 27.8 Å². The normalized spacial score (nSPS) is 16.1. The van der Waals surface area contributed by atoms with Gasteiger partial charge in [0.15, 0.2) is 6.19 Å². The molecule has 0 aliphatic carbocycles. The van der Waals surface area contributed by atoms with Crippen LogP contribution in [0.2, 0.25) is 0 Å². The first-order chi connectivity index (χ1) is 18.4. The summed E-state index contributed by atoms with van der Waals surface area (Å²) in [5, 5.41) is 15.9. The Morgan fingerprint density at radius 2 is 2.03 bits per heavy atom. The number of likely N-dealkylation sites (tertiary alicyclic amines) is 1. The number of likely N-dealkylation sites (N-methyl/N-ethyl adjacent to an activating group) is 1. The first kappa shape index (κ1) is 26.7. The fourth-order valence-corrected chi connectivity index (χ4v) is 4.63. The average molecular weight is 515 g/mol. The summed E-state index contributed by atoms with van der Waals surface area (Å²) >= 11 is 0. The Balaban J connectivity index is 1.38. The van der Waals surface area contributed by atoms with Crippen LogP contribution in [0.25, 0.3) is 11.0 Å². The number of hydrogen-bond donors (Lipinski definition) is 2. The number of nitrogens with zero attached hydrogens (tertiary/aromatic N) is 4. The molecule has 2 amide bonds. The number of nitriles is 1. The lowest BCUT2D eigenvalue weighted by molar-refractivity contribution is -0.140. The van der Waals surface area contributed by atoms with Crippen LogP contribution in [0.1, 0.15) is 37.0 Å². The van der Waals surface area contributed by atoms with Crippen molar-refractivity contribution in [3.05, 3.63) is 65.9 Å². The highest BCUT2D eigenvalue weighted by Crippen LogP contribution is 2.23. The smallest absolute Gasteiger partial charge is 0.247 e. The number of rotatable bonds is 8. The second kappa shape index (κ2) is 12.8. The van der Waals surface area contributed by atoms with Crippen molar-refractivity contribution in [2.75, 3.05) is 32.0 Å². The molecule has 198 valence electrons. The van der Waals surface area contributed by atoms with E-state index in [1.54, 1.807) is 16.8 Å². The van der Waals surface area contributed by atoms with Gasteiger partial charge in [0, 0.05) is 31.2 Å². The molecule has 2 N–H and O–H groups in total. The molecule has 2 heterocycles. The van der Waals surface area contributed by atoms with Crippen LogP contribution in [0.4, 0.5) is 5.69 Å². The summed E-state index contributed by atoms with van der Waals surface area (Å²) in [7, 11) is 1.78. The zero-order valence-corrected chi connectivity index (χ0v) is 21.9. The van der Waals surface area contributed by atoms with Crippen LogP contribution >= 0.6 is 0 Å². The van der Waals surface area contributed by atoms with Gasteiger partial charge in [-0.05, 0) is 68.9 Å². The van der Waals surface area contributed by atoms with Crippen LogP contribution < -0.4 is 10.6 Å². The van der Waals surface area contributed by atoms with Crippen molar-refractivity contribution < 1.29 is 14.0 Å². The lowest BCUT2D eigenvalue weighted by Gasteiger charge is -2.25. The maximum atomic E-state index is 13.4. The lowest BCUT2D eigenvalue weighted by atomic mass is 10.1. The predicted octanol–water partition coefficient (Wildman–Crippen LogP) is 4.05. The van der Waals surface area contributed by atoms with Gasteiger partial charge in [-0.15, -0.1) is 0 Å². The highest BCUT2D eigenvalue weighted by Gasteiger charge is 2.29. The van der Waals surface area contributed by atoms with E-state index < -0.39 is 6.04 Å². The summed E-state index contributed by atoms with van der Waals surface area (Å²) in [6, 6.07) is 17.0. The second-order valence-electron chi connectivity index (χ2n) is 9.62. The molecule has 9 nitrogen and oxygen atoms in total. The molecule has 3 aromatic rings. The first-order valence-corrected chi connectivity index (χ1v) is 13.0. The minimum absolute atomic E-state index is 0.0254. The van der Waals surface area contributed by atoms with Gasteiger partial charge >= 0.3 is 0 Å². The number of aryl methyl sites for hydroxylation is 2. The van der Waals surface area contributed by atoms with Crippen molar-refractivity contribution >= 4 is 34.4 Å². The molecule has 0 bridgehead atoms. The van der Waals surface area contributed by atoms with Crippen LogP contribution in [0, 0.1) is 18.4 Å². The number of aliphatic imine (C=N–C) groups is 1. The molecule has 1 fully saturated rings. The number of guanidine groups is 1. The molecule has 9 heteroatoms. The van der Waals surface area contributed by atoms with Crippen molar-refractivity contribution in [3.63, 3.8) is 0 Å². The Labute approximate surface area is 223 Å². The Hall–Kier alpha value is -4.32. The van der Waals surface area contributed by atoms with Gasteiger partial charge in [0.1, 0.15) is 17.4 Å². The van der Waals surface area contributed by atoms with E-state index in [-0.39, 0.29) is 24.3 Å². The number of amides is 2. The number of anilines is 1. The summed E-state index contributed by atoms with van der Waals surface area (Å²) in [4.78, 5) is 34.1. The van der Waals surface area contributed by atoms with E-state index in [1.807, 2.05) is 55.6 Å². The maximum absolute atomic E-state index is 13.4. The molecule has 1 saturated heterocycles. The zero-order chi connectivity index (χ0) is 26.9. The van der Waals surface area contributed by atoms with E-state index in [9.17, 15) is 14.9 Å². The molecular weight excluding hydrogens is 480 g/mol. The zero-order valence-electron chi connectivity index (χ0n) is 21.9. The summed E-state index contributed by atoms with van der Waals surface area (Å²) in [6.07, 6.45) is 5.79. The van der Waals surface area contributed by atoms with Gasteiger partial charge in [-0.1, -0.05) is 30.3 Å². The number of hydrogen-bond acceptors (Lipinski definition) is 5. The van der Waals surface area contributed by atoms with E-state index in [0.29, 0.717) is 25.2 Å². The molecule has 0 radical (unpaired) electrons. The number of carbonyl (C=O) groups is 2. The molecule has 1 unspecified atom stereocenters. The number of fused-ring (bicyclic) bond motifs is 1. The second-order valence-corrected chi connectivity index (χ2v) is 9.62. The number of carbonyl (C=O) groups excluding carboxylic acids is 2. The summed E-state index contributed by atoms with van der Waals surface area (Å²) in [5.41, 5.74) is 2.72. The van der Waals surface area contributed by atoms with Crippen LogP contribution in [0.3, 0.4) is 0 Å². The Kier molecular flexibility index (Phi) is 8.98. The largest absolute Gasteiger partial charge is 0.461 e. The quantitative estimate of drug-likeness (QED) is 0.203. The Morgan fingerprint density at radius 3 is 2.82 bits per heavy atom. The van der Waals surface area contributed by atoms with Crippen LogP contribution in [0.15, 0.2) is 64.0 Å². The van der Waals surface area contributed by atoms with Gasteiger partial charge in [0.25, 0.3) is 0 Å². The summed E-state index contributed by atoms with van der Waals surface area (Å²) < 4.78 is 5.62.